The molecule has 1 aromatic rings. The van der Waals surface area contributed by atoms with Crippen LogP contribution in [0, 0.1) is 17.8 Å². The zero-order chi connectivity index (χ0) is 17.0. The molecule has 0 unspecified atom stereocenters. The van der Waals surface area contributed by atoms with Gasteiger partial charge in [0.05, 0.1) is 6.10 Å². The lowest BCUT2D eigenvalue weighted by molar-refractivity contribution is -0.144. The summed E-state index contributed by atoms with van der Waals surface area (Å²) in [5.74, 6) is 1.13. The minimum atomic E-state index is -0.699. The van der Waals surface area contributed by atoms with Crippen LogP contribution in [0.5, 0.6) is 0 Å². The summed E-state index contributed by atoms with van der Waals surface area (Å²) in [5, 5.41) is 5.33. The molecule has 23 heavy (non-hydrogen) atoms. The third-order valence-electron chi connectivity index (χ3n) is 4.34. The van der Waals surface area contributed by atoms with E-state index in [1.54, 1.807) is 24.3 Å². The number of hydrogen-bond acceptors (Lipinski definition) is 3. The Morgan fingerprint density at radius 2 is 2.13 bits per heavy atom. The average molecular weight is 314 g/mol. The number of carbonyl (C=O) groups excluding carboxylic acids is 2. The lowest BCUT2D eigenvalue weighted by Gasteiger charge is -2.51. The summed E-state index contributed by atoms with van der Waals surface area (Å²) >= 11 is 0. The maximum absolute atomic E-state index is 12.1. The molecule has 1 aliphatic rings. The van der Waals surface area contributed by atoms with E-state index in [0.29, 0.717) is 24.3 Å². The summed E-state index contributed by atoms with van der Waals surface area (Å²) in [6.45, 7) is 6.63. The van der Waals surface area contributed by atoms with Gasteiger partial charge in [0.15, 0.2) is 0 Å². The Bertz CT molecular complexity index is 646. The van der Waals surface area contributed by atoms with E-state index in [-0.39, 0.29) is 17.6 Å². The molecule has 0 heterocycles. The first kappa shape index (κ1) is 17.0. The average Bonchev–Trinajstić information content (AvgIpc) is 2.53. The van der Waals surface area contributed by atoms with Gasteiger partial charge in [-0.15, -0.1) is 6.42 Å². The van der Waals surface area contributed by atoms with Crippen molar-refractivity contribution in [3.63, 3.8) is 0 Å². The van der Waals surface area contributed by atoms with Crippen molar-refractivity contribution < 1.29 is 14.3 Å². The van der Waals surface area contributed by atoms with E-state index in [2.05, 4.69) is 16.6 Å². The predicted molar refractivity (Wildman–Crippen MR) is 88.7 cm³/mol. The number of ether oxygens (including phenoxy) is 1. The molecule has 1 aliphatic carbocycles. The first-order chi connectivity index (χ1) is 10.9. The van der Waals surface area contributed by atoms with Crippen LogP contribution < -0.4 is 10.6 Å². The topological polar surface area (TPSA) is 67.4 Å². The fourth-order valence-electron chi connectivity index (χ4n) is 2.71. The summed E-state index contributed by atoms with van der Waals surface area (Å²) in [7, 11) is 0. The van der Waals surface area contributed by atoms with Crippen molar-refractivity contribution in [2.24, 2.45) is 5.41 Å². The van der Waals surface area contributed by atoms with Crippen LogP contribution in [0.15, 0.2) is 24.3 Å². The highest BCUT2D eigenvalue weighted by Crippen LogP contribution is 2.42. The summed E-state index contributed by atoms with van der Waals surface area (Å²) in [4.78, 5) is 24.1. The molecule has 5 nitrogen and oxygen atoms in total. The van der Waals surface area contributed by atoms with Crippen LogP contribution in [0.4, 0.5) is 5.69 Å². The van der Waals surface area contributed by atoms with Gasteiger partial charge in [0.25, 0.3) is 0 Å². The number of nitrogens with one attached hydrogen (secondary N) is 2. The van der Waals surface area contributed by atoms with Crippen LogP contribution in [0.1, 0.15) is 32.8 Å². The van der Waals surface area contributed by atoms with Crippen molar-refractivity contribution in [3.8, 4) is 12.3 Å². The van der Waals surface area contributed by atoms with Gasteiger partial charge < -0.3 is 15.4 Å². The second kappa shape index (κ2) is 6.84. The van der Waals surface area contributed by atoms with Crippen molar-refractivity contribution in [1.29, 1.82) is 0 Å². The lowest BCUT2D eigenvalue weighted by Crippen LogP contribution is -2.63. The highest BCUT2D eigenvalue weighted by Gasteiger charge is 2.49. The molecule has 2 rings (SSSR count). The molecule has 0 aliphatic heterocycles. The Morgan fingerprint density at radius 3 is 2.74 bits per heavy atom. The largest absolute Gasteiger partial charge is 0.378 e. The van der Waals surface area contributed by atoms with Gasteiger partial charge in [-0.2, -0.15) is 0 Å². The molecule has 0 bridgehead atoms. The summed E-state index contributed by atoms with van der Waals surface area (Å²) < 4.78 is 5.62. The van der Waals surface area contributed by atoms with E-state index < -0.39 is 11.8 Å². The maximum Gasteiger partial charge on any atom is 0.313 e. The summed E-state index contributed by atoms with van der Waals surface area (Å²) in [6, 6.07) is 6.73. The minimum Gasteiger partial charge on any atom is -0.378 e. The standard InChI is InChI=1S/C18H22N2O3/c1-5-12-8-7-9-13(10-12)19-16(21)17(22)20-14-11-15(23-6-2)18(14,3)4/h1,7-10,14-15H,6,11H2,2-4H3,(H,19,21)(H,20,22)/t14-,15-/m0/s1. The number of anilines is 1. The molecular formula is C18H22N2O3. The molecule has 5 heteroatoms. The Labute approximate surface area is 136 Å². The van der Waals surface area contributed by atoms with Crippen LogP contribution in [0.25, 0.3) is 0 Å². The van der Waals surface area contributed by atoms with Gasteiger partial charge in [-0.3, -0.25) is 9.59 Å². The van der Waals surface area contributed by atoms with Crippen LogP contribution in [0.3, 0.4) is 0 Å². The van der Waals surface area contributed by atoms with Crippen LogP contribution >= 0.6 is 0 Å². The second-order valence-corrected chi connectivity index (χ2v) is 6.21. The third-order valence-corrected chi connectivity index (χ3v) is 4.34. The molecule has 2 atom stereocenters. The zero-order valence-corrected chi connectivity index (χ0v) is 13.7. The van der Waals surface area contributed by atoms with E-state index in [9.17, 15) is 9.59 Å². The molecule has 122 valence electrons. The van der Waals surface area contributed by atoms with Gasteiger partial charge in [-0.25, -0.2) is 0 Å². The van der Waals surface area contributed by atoms with Crippen molar-refractivity contribution in [3.05, 3.63) is 29.8 Å². The highest BCUT2D eigenvalue weighted by atomic mass is 16.5. The number of hydrogen-bond donors (Lipinski definition) is 2. The number of terminal acetylenes is 1. The van der Waals surface area contributed by atoms with Gasteiger partial charge in [0, 0.05) is 29.3 Å². The van der Waals surface area contributed by atoms with Crippen LogP contribution in [-0.2, 0) is 14.3 Å². The molecule has 2 N–H and O–H groups in total. The van der Waals surface area contributed by atoms with Crippen molar-refractivity contribution in [2.45, 2.75) is 39.3 Å². The molecule has 0 saturated heterocycles. The highest BCUT2D eigenvalue weighted by molar-refractivity contribution is 6.39. The molecule has 0 radical (unpaired) electrons. The Kier molecular flexibility index (Phi) is 5.07. The predicted octanol–water partition coefficient (Wildman–Crippen LogP) is 1.93. The van der Waals surface area contributed by atoms with E-state index in [1.165, 1.54) is 0 Å². The van der Waals surface area contributed by atoms with Crippen molar-refractivity contribution in [1.82, 2.24) is 5.32 Å². The number of amides is 2. The fourth-order valence-corrected chi connectivity index (χ4v) is 2.71. The number of rotatable bonds is 4. The van der Waals surface area contributed by atoms with E-state index >= 15 is 0 Å². The molecule has 1 saturated carbocycles. The summed E-state index contributed by atoms with van der Waals surface area (Å²) in [5.41, 5.74) is 0.957. The fraction of sp³-hybridized carbons (Fsp3) is 0.444. The van der Waals surface area contributed by atoms with Gasteiger partial charge in [0.2, 0.25) is 0 Å². The van der Waals surface area contributed by atoms with E-state index in [1.807, 2.05) is 20.8 Å². The van der Waals surface area contributed by atoms with Crippen LogP contribution in [0.2, 0.25) is 0 Å². The Balaban J connectivity index is 1.91. The van der Waals surface area contributed by atoms with Crippen LogP contribution in [-0.4, -0.2) is 30.6 Å². The zero-order valence-electron chi connectivity index (χ0n) is 13.7. The van der Waals surface area contributed by atoms with Gasteiger partial charge in [-0.05, 0) is 31.5 Å². The monoisotopic (exact) mass is 314 g/mol. The maximum atomic E-state index is 12.1. The molecular weight excluding hydrogens is 292 g/mol. The van der Waals surface area contributed by atoms with Crippen molar-refractivity contribution in [2.75, 3.05) is 11.9 Å². The normalized spacial score (nSPS) is 21.7. The SMILES string of the molecule is C#Cc1cccc(NC(=O)C(=O)N[C@H]2C[C@H](OCC)C2(C)C)c1. The smallest absolute Gasteiger partial charge is 0.313 e. The van der Waals surface area contributed by atoms with Gasteiger partial charge >= 0.3 is 11.8 Å². The molecule has 0 spiro atoms. The summed E-state index contributed by atoms with van der Waals surface area (Å²) in [6.07, 6.45) is 6.13. The van der Waals surface area contributed by atoms with E-state index in [0.717, 1.165) is 0 Å². The van der Waals surface area contributed by atoms with Gasteiger partial charge in [0.1, 0.15) is 0 Å². The first-order valence-corrected chi connectivity index (χ1v) is 7.68. The number of carbonyl (C=O) groups is 2. The molecule has 1 aromatic carbocycles. The second-order valence-electron chi connectivity index (χ2n) is 6.21. The first-order valence-electron chi connectivity index (χ1n) is 7.68. The lowest BCUT2D eigenvalue weighted by atomic mass is 9.64. The minimum absolute atomic E-state index is 0.0747. The third kappa shape index (κ3) is 3.72. The Hall–Kier alpha value is -2.32. The molecule has 0 aromatic heterocycles. The Morgan fingerprint density at radius 1 is 1.39 bits per heavy atom. The van der Waals surface area contributed by atoms with E-state index in [4.69, 9.17) is 11.2 Å². The van der Waals surface area contributed by atoms with Crippen molar-refractivity contribution >= 4 is 17.5 Å². The number of benzene rings is 1. The van der Waals surface area contributed by atoms with Gasteiger partial charge in [-0.1, -0.05) is 25.8 Å². The molecule has 1 fully saturated rings. The molecule has 2 amide bonds. The quantitative estimate of drug-likeness (QED) is 0.659.